The molecule has 22 heavy (non-hydrogen) atoms. The highest BCUT2D eigenvalue weighted by Gasteiger charge is 2.07. The van der Waals surface area contributed by atoms with Crippen molar-refractivity contribution >= 4 is 6.29 Å². The van der Waals surface area contributed by atoms with Gasteiger partial charge in [0.15, 0.2) is 0 Å². The Morgan fingerprint density at radius 3 is 2.05 bits per heavy atom. The maximum atomic E-state index is 10.3. The molecule has 1 aliphatic rings. The maximum Gasteiger partial charge on any atom is 0.122 e. The summed E-state index contributed by atoms with van der Waals surface area (Å²) in [6.45, 7) is 4.25. The van der Waals surface area contributed by atoms with Crippen molar-refractivity contribution < 1.29 is 4.79 Å². The quantitative estimate of drug-likeness (QED) is 0.395. The summed E-state index contributed by atoms with van der Waals surface area (Å²) in [5.41, 5.74) is 3.13. The first-order chi connectivity index (χ1) is 10.8. The van der Waals surface area contributed by atoms with E-state index in [0.717, 1.165) is 12.7 Å². The zero-order valence-corrected chi connectivity index (χ0v) is 14.7. The molecular formula is C21H34O. The lowest BCUT2D eigenvalue weighted by molar-refractivity contribution is -0.110. The molecule has 0 radical (unpaired) electrons. The van der Waals surface area contributed by atoms with Crippen LogP contribution in [0.3, 0.4) is 0 Å². The van der Waals surface area contributed by atoms with Crippen LogP contribution in [0, 0.1) is 5.92 Å². The summed E-state index contributed by atoms with van der Waals surface area (Å²) in [6, 6.07) is 8.74. The summed E-state index contributed by atoms with van der Waals surface area (Å²) in [7, 11) is 0. The number of rotatable bonds is 9. The van der Waals surface area contributed by atoms with E-state index >= 15 is 0 Å². The van der Waals surface area contributed by atoms with Crippen molar-refractivity contribution in [1.82, 2.24) is 0 Å². The molecule has 0 N–H and O–H groups in total. The van der Waals surface area contributed by atoms with Crippen LogP contribution in [-0.2, 0) is 17.6 Å². The molecule has 0 fully saturated rings. The third-order valence-corrected chi connectivity index (χ3v) is 4.51. The van der Waals surface area contributed by atoms with E-state index in [-0.39, 0.29) is 5.92 Å². The Morgan fingerprint density at radius 1 is 0.955 bits per heavy atom. The number of hydrogen-bond donors (Lipinski definition) is 0. The fourth-order valence-electron chi connectivity index (χ4n) is 3.01. The standard InChI is InChI=1S/C12H24O.C9H10/c1-3-4-5-6-7-8-9-10-12(2)11-13;1-2-5-9-7-3-6-8(9)4-1/h11-12H,3-10H2,1-2H3;1-2,4-5H,3,6-7H2. The number of fused-ring (bicyclic) bond motifs is 1. The van der Waals surface area contributed by atoms with Crippen LogP contribution >= 0.6 is 0 Å². The van der Waals surface area contributed by atoms with Gasteiger partial charge in [0, 0.05) is 5.92 Å². The molecule has 0 saturated heterocycles. The lowest BCUT2D eigenvalue weighted by atomic mass is 10.0. The van der Waals surface area contributed by atoms with Crippen molar-refractivity contribution in [1.29, 1.82) is 0 Å². The van der Waals surface area contributed by atoms with Crippen molar-refractivity contribution in [3.05, 3.63) is 35.4 Å². The fraction of sp³-hybridized carbons (Fsp3) is 0.667. The Labute approximate surface area is 137 Å². The van der Waals surface area contributed by atoms with E-state index in [1.54, 1.807) is 11.1 Å². The van der Waals surface area contributed by atoms with Gasteiger partial charge in [0.25, 0.3) is 0 Å². The van der Waals surface area contributed by atoms with E-state index in [2.05, 4.69) is 31.2 Å². The monoisotopic (exact) mass is 302 g/mol. The first-order valence-electron chi connectivity index (χ1n) is 9.30. The molecule has 1 aliphatic carbocycles. The normalized spacial score (nSPS) is 13.9. The number of aldehydes is 1. The highest BCUT2D eigenvalue weighted by Crippen LogP contribution is 2.20. The second-order valence-corrected chi connectivity index (χ2v) is 6.65. The number of aryl methyl sites for hydroxylation is 2. The average molecular weight is 303 g/mol. The van der Waals surface area contributed by atoms with Crippen LogP contribution in [0.5, 0.6) is 0 Å². The van der Waals surface area contributed by atoms with Gasteiger partial charge in [0.05, 0.1) is 0 Å². The average Bonchev–Trinajstić information content (AvgIpc) is 3.03. The third kappa shape index (κ3) is 8.36. The van der Waals surface area contributed by atoms with E-state index in [4.69, 9.17) is 0 Å². The number of benzene rings is 1. The van der Waals surface area contributed by atoms with E-state index in [0.29, 0.717) is 0 Å². The molecule has 1 aromatic rings. The largest absolute Gasteiger partial charge is 0.303 e. The van der Waals surface area contributed by atoms with Gasteiger partial charge in [-0.05, 0) is 36.8 Å². The van der Waals surface area contributed by atoms with Crippen LogP contribution in [0.15, 0.2) is 24.3 Å². The molecule has 1 heteroatoms. The van der Waals surface area contributed by atoms with Gasteiger partial charge in [0.2, 0.25) is 0 Å². The molecule has 0 spiro atoms. The Balaban J connectivity index is 0.000000231. The summed E-state index contributed by atoms with van der Waals surface area (Å²) in [4.78, 5) is 10.3. The summed E-state index contributed by atoms with van der Waals surface area (Å²) in [5, 5.41) is 0. The minimum Gasteiger partial charge on any atom is -0.303 e. The lowest BCUT2D eigenvalue weighted by Gasteiger charge is -2.02. The number of carbonyl (C=O) groups excluding carboxylic acids is 1. The van der Waals surface area contributed by atoms with E-state index < -0.39 is 0 Å². The minimum absolute atomic E-state index is 0.274. The predicted molar refractivity (Wildman–Crippen MR) is 96.3 cm³/mol. The molecule has 1 aromatic carbocycles. The van der Waals surface area contributed by atoms with E-state index in [1.807, 2.05) is 6.92 Å². The highest BCUT2D eigenvalue weighted by molar-refractivity contribution is 5.52. The van der Waals surface area contributed by atoms with Crippen LogP contribution in [-0.4, -0.2) is 6.29 Å². The first kappa shape index (κ1) is 18.9. The maximum absolute atomic E-state index is 10.3. The summed E-state index contributed by atoms with van der Waals surface area (Å²) in [5.74, 6) is 0.274. The van der Waals surface area contributed by atoms with Crippen LogP contribution in [0.2, 0.25) is 0 Å². The van der Waals surface area contributed by atoms with Crippen LogP contribution < -0.4 is 0 Å². The van der Waals surface area contributed by atoms with Crippen LogP contribution in [0.4, 0.5) is 0 Å². The predicted octanol–water partition coefficient (Wildman–Crippen LogP) is 6.14. The Hall–Kier alpha value is -1.11. The highest BCUT2D eigenvalue weighted by atomic mass is 16.1. The van der Waals surface area contributed by atoms with Gasteiger partial charge in [-0.25, -0.2) is 0 Å². The molecule has 1 unspecified atom stereocenters. The topological polar surface area (TPSA) is 17.1 Å². The number of unbranched alkanes of at least 4 members (excludes halogenated alkanes) is 6. The van der Waals surface area contributed by atoms with Crippen molar-refractivity contribution in [2.45, 2.75) is 84.5 Å². The summed E-state index contributed by atoms with van der Waals surface area (Å²) in [6.07, 6.45) is 15.5. The molecular weight excluding hydrogens is 268 g/mol. The molecule has 0 amide bonds. The van der Waals surface area contributed by atoms with Crippen LogP contribution in [0.25, 0.3) is 0 Å². The second-order valence-electron chi connectivity index (χ2n) is 6.65. The second kappa shape index (κ2) is 12.4. The number of carbonyl (C=O) groups is 1. The molecule has 0 aliphatic heterocycles. The third-order valence-electron chi connectivity index (χ3n) is 4.51. The van der Waals surface area contributed by atoms with Gasteiger partial charge in [-0.15, -0.1) is 0 Å². The van der Waals surface area contributed by atoms with Gasteiger partial charge in [-0.1, -0.05) is 83.1 Å². The zero-order chi connectivity index (χ0) is 16.0. The lowest BCUT2D eigenvalue weighted by Crippen LogP contribution is -1.94. The van der Waals surface area contributed by atoms with Crippen LogP contribution in [0.1, 0.15) is 82.8 Å². The van der Waals surface area contributed by atoms with Gasteiger partial charge in [-0.3, -0.25) is 0 Å². The smallest absolute Gasteiger partial charge is 0.122 e. The summed E-state index contributed by atoms with van der Waals surface area (Å²) >= 11 is 0. The number of hydrogen-bond acceptors (Lipinski definition) is 1. The Bertz CT molecular complexity index is 374. The van der Waals surface area contributed by atoms with Gasteiger partial charge in [-0.2, -0.15) is 0 Å². The molecule has 2 rings (SSSR count). The first-order valence-corrected chi connectivity index (χ1v) is 9.30. The SMILES string of the molecule is CCCCCCCCCC(C)C=O.c1ccc2c(c1)CCC2. The summed E-state index contributed by atoms with van der Waals surface area (Å²) < 4.78 is 0. The van der Waals surface area contributed by atoms with E-state index in [1.165, 1.54) is 64.2 Å². The molecule has 0 bridgehead atoms. The molecule has 1 nitrogen and oxygen atoms in total. The molecule has 1 atom stereocenters. The van der Waals surface area contributed by atoms with Gasteiger partial charge in [0.1, 0.15) is 6.29 Å². The molecule has 0 aromatic heterocycles. The zero-order valence-electron chi connectivity index (χ0n) is 14.7. The molecule has 124 valence electrons. The van der Waals surface area contributed by atoms with Crippen molar-refractivity contribution in [2.24, 2.45) is 5.92 Å². The molecule has 0 saturated carbocycles. The van der Waals surface area contributed by atoms with Gasteiger partial charge >= 0.3 is 0 Å². The van der Waals surface area contributed by atoms with Crippen molar-refractivity contribution in [3.8, 4) is 0 Å². The Kier molecular flexibility index (Phi) is 10.7. The minimum atomic E-state index is 0.274. The molecule has 0 heterocycles. The van der Waals surface area contributed by atoms with Gasteiger partial charge < -0.3 is 4.79 Å². The fourth-order valence-corrected chi connectivity index (χ4v) is 3.01. The Morgan fingerprint density at radius 2 is 1.50 bits per heavy atom. The van der Waals surface area contributed by atoms with Crippen molar-refractivity contribution in [2.75, 3.05) is 0 Å². The van der Waals surface area contributed by atoms with Crippen molar-refractivity contribution in [3.63, 3.8) is 0 Å². The van der Waals surface area contributed by atoms with E-state index in [9.17, 15) is 4.79 Å².